The molecule has 0 radical (unpaired) electrons. The van der Waals surface area contributed by atoms with E-state index in [1.54, 1.807) is 13.3 Å². The van der Waals surface area contributed by atoms with Crippen molar-refractivity contribution < 1.29 is 9.84 Å². The summed E-state index contributed by atoms with van der Waals surface area (Å²) >= 11 is 0. The molecular weight excluding hydrogens is 254 g/mol. The highest BCUT2D eigenvalue weighted by Gasteiger charge is 2.35. The Bertz CT molecular complexity index is 436. The second-order valence-corrected chi connectivity index (χ2v) is 6.36. The van der Waals surface area contributed by atoms with Crippen molar-refractivity contribution in [2.45, 2.75) is 44.8 Å². The lowest BCUT2D eigenvalue weighted by Crippen LogP contribution is -2.32. The van der Waals surface area contributed by atoms with E-state index in [9.17, 15) is 5.11 Å². The summed E-state index contributed by atoms with van der Waals surface area (Å²) in [6.45, 7) is 3.53. The van der Waals surface area contributed by atoms with E-state index in [2.05, 4.69) is 10.00 Å². The van der Waals surface area contributed by atoms with Gasteiger partial charge in [0.25, 0.3) is 0 Å². The van der Waals surface area contributed by atoms with E-state index in [1.165, 1.54) is 19.3 Å². The van der Waals surface area contributed by atoms with Gasteiger partial charge in [-0.3, -0.25) is 4.68 Å². The Labute approximate surface area is 121 Å². The number of nitrogens with zero attached hydrogens (tertiary/aromatic N) is 3. The van der Waals surface area contributed by atoms with Gasteiger partial charge in [0, 0.05) is 6.54 Å². The molecule has 0 aliphatic heterocycles. The Morgan fingerprint density at radius 3 is 2.70 bits per heavy atom. The van der Waals surface area contributed by atoms with Gasteiger partial charge in [0.2, 0.25) is 0 Å². The van der Waals surface area contributed by atoms with Gasteiger partial charge in [-0.25, -0.2) is 0 Å². The lowest BCUT2D eigenvalue weighted by Gasteiger charge is -2.34. The number of hydrogen-bond acceptors (Lipinski definition) is 4. The number of aromatic nitrogens is 2. The molecule has 1 heterocycles. The Hall–Kier alpha value is -1.07. The van der Waals surface area contributed by atoms with Crippen LogP contribution in [0.1, 0.15) is 38.3 Å². The van der Waals surface area contributed by atoms with Crippen LogP contribution < -0.4 is 4.74 Å². The minimum atomic E-state index is -0.876. The molecule has 5 heteroatoms. The third-order valence-corrected chi connectivity index (χ3v) is 4.21. The molecule has 114 valence electrons. The van der Waals surface area contributed by atoms with Gasteiger partial charge in [-0.2, -0.15) is 5.10 Å². The molecule has 20 heavy (non-hydrogen) atoms. The van der Waals surface area contributed by atoms with Crippen LogP contribution in [0.15, 0.2) is 6.20 Å². The third-order valence-electron chi connectivity index (χ3n) is 4.21. The van der Waals surface area contributed by atoms with Gasteiger partial charge < -0.3 is 14.7 Å². The van der Waals surface area contributed by atoms with Crippen molar-refractivity contribution in [2.24, 2.45) is 5.92 Å². The zero-order chi connectivity index (χ0) is 14.8. The fraction of sp³-hybridized carbons (Fsp3) is 0.800. The SMILES string of the molecule is COc1cnn(CCN(C)C)c1C(C)(O)CC1CCC1. The van der Waals surface area contributed by atoms with Crippen LogP contribution in [0.3, 0.4) is 0 Å². The van der Waals surface area contributed by atoms with Crippen molar-refractivity contribution in [3.05, 3.63) is 11.9 Å². The largest absolute Gasteiger partial charge is 0.493 e. The quantitative estimate of drug-likeness (QED) is 0.828. The van der Waals surface area contributed by atoms with Gasteiger partial charge in [0.05, 0.1) is 19.9 Å². The molecule has 2 rings (SSSR count). The van der Waals surface area contributed by atoms with E-state index in [4.69, 9.17) is 4.74 Å². The van der Waals surface area contributed by atoms with Crippen LogP contribution in [-0.2, 0) is 12.1 Å². The van der Waals surface area contributed by atoms with Crippen LogP contribution in [0.2, 0.25) is 0 Å². The highest BCUT2D eigenvalue weighted by atomic mass is 16.5. The minimum absolute atomic E-state index is 0.631. The van der Waals surface area contributed by atoms with Gasteiger partial charge in [-0.1, -0.05) is 19.3 Å². The van der Waals surface area contributed by atoms with E-state index in [0.717, 1.165) is 25.2 Å². The molecular formula is C15H27N3O2. The van der Waals surface area contributed by atoms with E-state index < -0.39 is 5.60 Å². The summed E-state index contributed by atoms with van der Waals surface area (Å²) in [5, 5.41) is 15.3. The maximum Gasteiger partial charge on any atom is 0.162 e. The number of likely N-dealkylation sites (N-methyl/N-ethyl adjacent to an activating group) is 1. The first-order chi connectivity index (χ1) is 9.44. The molecule has 0 amide bonds. The molecule has 1 aliphatic carbocycles. The first-order valence-corrected chi connectivity index (χ1v) is 7.41. The summed E-state index contributed by atoms with van der Waals surface area (Å²) in [7, 11) is 5.70. The van der Waals surface area contributed by atoms with Gasteiger partial charge >= 0.3 is 0 Å². The topological polar surface area (TPSA) is 50.5 Å². The van der Waals surface area contributed by atoms with Crippen LogP contribution in [0.25, 0.3) is 0 Å². The molecule has 1 unspecified atom stereocenters. The zero-order valence-corrected chi connectivity index (χ0v) is 13.1. The summed E-state index contributed by atoms with van der Waals surface area (Å²) < 4.78 is 7.28. The Kier molecular flexibility index (Phi) is 4.70. The maximum atomic E-state index is 10.9. The van der Waals surface area contributed by atoms with E-state index in [1.807, 2.05) is 25.7 Å². The Morgan fingerprint density at radius 2 is 2.20 bits per heavy atom. The molecule has 1 aromatic heterocycles. The first-order valence-electron chi connectivity index (χ1n) is 7.41. The number of hydrogen-bond donors (Lipinski definition) is 1. The second kappa shape index (κ2) is 6.14. The molecule has 1 fully saturated rings. The van der Waals surface area contributed by atoms with E-state index in [-0.39, 0.29) is 0 Å². The van der Waals surface area contributed by atoms with Crippen molar-refractivity contribution in [3.63, 3.8) is 0 Å². The van der Waals surface area contributed by atoms with Crippen molar-refractivity contribution in [2.75, 3.05) is 27.7 Å². The van der Waals surface area contributed by atoms with E-state index >= 15 is 0 Å². The highest BCUT2D eigenvalue weighted by Crippen LogP contribution is 2.40. The van der Waals surface area contributed by atoms with Gasteiger partial charge in [0.15, 0.2) is 5.75 Å². The minimum Gasteiger partial charge on any atom is -0.493 e. The standard InChI is InChI=1S/C15H27N3O2/c1-15(19,10-12-6-5-7-12)14-13(20-4)11-16-18(14)9-8-17(2)3/h11-12,19H,5-10H2,1-4H3. The average molecular weight is 281 g/mol. The molecule has 0 bridgehead atoms. The zero-order valence-electron chi connectivity index (χ0n) is 13.1. The molecule has 0 spiro atoms. The molecule has 5 nitrogen and oxygen atoms in total. The molecule has 0 saturated heterocycles. The van der Waals surface area contributed by atoms with Crippen molar-refractivity contribution >= 4 is 0 Å². The van der Waals surface area contributed by atoms with Crippen LogP contribution in [0.5, 0.6) is 5.75 Å². The van der Waals surface area contributed by atoms with Gasteiger partial charge in [-0.05, 0) is 33.4 Å². The lowest BCUT2D eigenvalue weighted by atomic mass is 9.77. The van der Waals surface area contributed by atoms with Crippen LogP contribution in [-0.4, -0.2) is 47.5 Å². The lowest BCUT2D eigenvalue weighted by molar-refractivity contribution is 0.00597. The molecule has 1 atom stereocenters. The van der Waals surface area contributed by atoms with Crippen molar-refractivity contribution in [1.29, 1.82) is 0 Å². The summed E-state index contributed by atoms with van der Waals surface area (Å²) in [6, 6.07) is 0. The van der Waals surface area contributed by atoms with Crippen LogP contribution in [0, 0.1) is 5.92 Å². The number of ether oxygens (including phenoxy) is 1. The van der Waals surface area contributed by atoms with Crippen molar-refractivity contribution in [1.82, 2.24) is 14.7 Å². The fourth-order valence-electron chi connectivity index (χ4n) is 2.88. The van der Waals surface area contributed by atoms with Gasteiger partial charge in [0.1, 0.15) is 11.3 Å². The summed E-state index contributed by atoms with van der Waals surface area (Å²) in [6.07, 6.45) is 6.24. The maximum absolute atomic E-state index is 10.9. The Morgan fingerprint density at radius 1 is 1.50 bits per heavy atom. The molecule has 1 aliphatic rings. The summed E-state index contributed by atoms with van der Waals surface area (Å²) in [5.41, 5.74) is -0.0621. The summed E-state index contributed by atoms with van der Waals surface area (Å²) in [4.78, 5) is 2.11. The normalized spacial score (nSPS) is 18.9. The third kappa shape index (κ3) is 3.33. The number of methoxy groups -OCH3 is 1. The van der Waals surface area contributed by atoms with Gasteiger partial charge in [-0.15, -0.1) is 0 Å². The number of aliphatic hydroxyl groups is 1. The predicted octanol–water partition coefficient (Wildman–Crippen LogP) is 1.85. The van der Waals surface area contributed by atoms with E-state index in [0.29, 0.717) is 11.7 Å². The molecule has 1 aromatic rings. The number of rotatable bonds is 7. The highest BCUT2D eigenvalue weighted by molar-refractivity contribution is 5.30. The van der Waals surface area contributed by atoms with Crippen LogP contribution in [0.4, 0.5) is 0 Å². The first kappa shape index (κ1) is 15.3. The monoisotopic (exact) mass is 281 g/mol. The summed E-state index contributed by atoms with van der Waals surface area (Å²) in [5.74, 6) is 1.32. The molecule has 1 N–H and O–H groups in total. The smallest absolute Gasteiger partial charge is 0.162 e. The Balaban J connectivity index is 2.19. The molecule has 0 aromatic carbocycles. The van der Waals surface area contributed by atoms with Crippen LogP contribution >= 0.6 is 0 Å². The molecule has 1 saturated carbocycles. The predicted molar refractivity (Wildman–Crippen MR) is 78.9 cm³/mol. The second-order valence-electron chi connectivity index (χ2n) is 6.36. The average Bonchev–Trinajstić information content (AvgIpc) is 2.75. The van der Waals surface area contributed by atoms with Crippen molar-refractivity contribution in [3.8, 4) is 5.75 Å². The fourth-order valence-corrected chi connectivity index (χ4v) is 2.88.